The molecule has 22 heavy (non-hydrogen) atoms. The number of piperidine rings is 1. The van der Waals surface area contributed by atoms with Gasteiger partial charge in [-0.1, -0.05) is 11.6 Å². The van der Waals surface area contributed by atoms with Gasteiger partial charge in [0.25, 0.3) is 0 Å². The summed E-state index contributed by atoms with van der Waals surface area (Å²) in [4.78, 5) is 17.5. The van der Waals surface area contributed by atoms with Crippen LogP contribution in [-0.4, -0.2) is 29.7 Å². The molecule has 1 aromatic rings. The number of halogens is 1. The quantitative estimate of drug-likeness (QED) is 0.839. The normalized spacial score (nSPS) is 23.1. The first-order valence-corrected chi connectivity index (χ1v) is 8.05. The molecule has 122 valence electrons. The van der Waals surface area contributed by atoms with Crippen LogP contribution in [0.15, 0.2) is 24.3 Å². The van der Waals surface area contributed by atoms with E-state index >= 15 is 0 Å². The molecule has 1 fully saturated rings. The second-order valence-corrected chi connectivity index (χ2v) is 7.27. The van der Waals surface area contributed by atoms with Gasteiger partial charge < -0.3 is 9.57 Å². The molecule has 5 heteroatoms. The van der Waals surface area contributed by atoms with Crippen LogP contribution in [0.25, 0.3) is 0 Å². The van der Waals surface area contributed by atoms with Crippen LogP contribution in [0.2, 0.25) is 5.02 Å². The number of rotatable bonds is 3. The van der Waals surface area contributed by atoms with Crippen molar-refractivity contribution in [3.05, 3.63) is 29.3 Å². The minimum atomic E-state index is -0.490. The van der Waals surface area contributed by atoms with Crippen LogP contribution in [0.1, 0.15) is 40.5 Å². The summed E-state index contributed by atoms with van der Waals surface area (Å²) in [5.74, 6) is 0.623. The van der Waals surface area contributed by atoms with Gasteiger partial charge in [0.2, 0.25) is 0 Å². The fourth-order valence-corrected chi connectivity index (χ4v) is 2.43. The lowest BCUT2D eigenvalue weighted by Gasteiger charge is -2.37. The standard InChI is InChI=1S/C17H24ClNO3/c1-12-11-15(21-14-7-5-13(18)6-8-14)9-10-19(12)22-16(20)17(2,3)4/h5-8,12,15H,9-11H2,1-4H3. The molecular formula is C17H24ClNO3. The first-order valence-electron chi connectivity index (χ1n) is 7.67. The van der Waals surface area contributed by atoms with Gasteiger partial charge in [-0.15, -0.1) is 5.06 Å². The van der Waals surface area contributed by atoms with Crippen LogP contribution in [-0.2, 0) is 9.63 Å². The Morgan fingerprint density at radius 1 is 1.27 bits per heavy atom. The molecule has 2 unspecified atom stereocenters. The summed E-state index contributed by atoms with van der Waals surface area (Å²) in [6.07, 6.45) is 1.77. The average molecular weight is 326 g/mol. The molecule has 0 radical (unpaired) electrons. The van der Waals surface area contributed by atoms with E-state index in [0.717, 1.165) is 18.6 Å². The highest BCUT2D eigenvalue weighted by Crippen LogP contribution is 2.25. The van der Waals surface area contributed by atoms with E-state index in [1.54, 1.807) is 5.06 Å². The van der Waals surface area contributed by atoms with Gasteiger partial charge in [0.15, 0.2) is 0 Å². The summed E-state index contributed by atoms with van der Waals surface area (Å²) in [5.41, 5.74) is -0.490. The van der Waals surface area contributed by atoms with Crippen molar-refractivity contribution >= 4 is 17.6 Å². The van der Waals surface area contributed by atoms with E-state index in [0.29, 0.717) is 11.6 Å². The first kappa shape index (κ1) is 17.1. The van der Waals surface area contributed by atoms with E-state index in [9.17, 15) is 4.79 Å². The predicted octanol–water partition coefficient (Wildman–Crippen LogP) is 4.08. The van der Waals surface area contributed by atoms with Crippen LogP contribution in [0, 0.1) is 5.41 Å². The summed E-state index contributed by atoms with van der Waals surface area (Å²) in [7, 11) is 0. The Morgan fingerprint density at radius 2 is 1.91 bits per heavy atom. The van der Waals surface area contributed by atoms with Gasteiger partial charge in [0.05, 0.1) is 5.41 Å². The Balaban J connectivity index is 1.87. The molecule has 1 heterocycles. The van der Waals surface area contributed by atoms with Gasteiger partial charge in [-0.05, 0) is 52.0 Å². The summed E-state index contributed by atoms with van der Waals surface area (Å²) in [6, 6.07) is 7.52. The van der Waals surface area contributed by atoms with E-state index in [-0.39, 0.29) is 18.1 Å². The molecule has 0 N–H and O–H groups in total. The number of carbonyl (C=O) groups excluding carboxylic acids is 1. The highest BCUT2D eigenvalue weighted by molar-refractivity contribution is 6.30. The molecule has 0 spiro atoms. The zero-order valence-electron chi connectivity index (χ0n) is 13.6. The molecule has 1 aliphatic heterocycles. The lowest BCUT2D eigenvalue weighted by molar-refractivity contribution is -0.219. The van der Waals surface area contributed by atoms with Crippen LogP contribution in [0.3, 0.4) is 0 Å². The molecule has 0 saturated carbocycles. The van der Waals surface area contributed by atoms with Crippen molar-refractivity contribution in [3.8, 4) is 5.75 Å². The van der Waals surface area contributed by atoms with Crippen LogP contribution in [0.4, 0.5) is 0 Å². The summed E-state index contributed by atoms with van der Waals surface area (Å²) < 4.78 is 5.98. The van der Waals surface area contributed by atoms with Crippen LogP contribution < -0.4 is 4.74 Å². The van der Waals surface area contributed by atoms with Gasteiger partial charge in [0, 0.05) is 30.5 Å². The fourth-order valence-electron chi connectivity index (χ4n) is 2.30. The Hall–Kier alpha value is -1.26. The minimum Gasteiger partial charge on any atom is -0.490 e. The predicted molar refractivity (Wildman–Crippen MR) is 86.8 cm³/mol. The third-order valence-corrected chi connectivity index (χ3v) is 3.95. The van der Waals surface area contributed by atoms with Crippen molar-refractivity contribution in [2.45, 2.75) is 52.7 Å². The number of carbonyl (C=O) groups is 1. The van der Waals surface area contributed by atoms with Gasteiger partial charge >= 0.3 is 5.97 Å². The van der Waals surface area contributed by atoms with Gasteiger partial charge in [-0.25, -0.2) is 4.79 Å². The second-order valence-electron chi connectivity index (χ2n) is 6.84. The maximum absolute atomic E-state index is 12.0. The van der Waals surface area contributed by atoms with E-state index in [2.05, 4.69) is 0 Å². The third-order valence-electron chi connectivity index (χ3n) is 3.70. The number of ether oxygens (including phenoxy) is 1. The number of nitrogens with zero attached hydrogens (tertiary/aromatic N) is 1. The summed E-state index contributed by atoms with van der Waals surface area (Å²) in [6.45, 7) is 8.30. The van der Waals surface area contributed by atoms with E-state index in [4.69, 9.17) is 21.2 Å². The molecule has 2 rings (SSSR count). The molecule has 1 aromatic carbocycles. The van der Waals surface area contributed by atoms with Crippen molar-refractivity contribution in [1.82, 2.24) is 5.06 Å². The molecule has 0 aliphatic carbocycles. The van der Waals surface area contributed by atoms with Crippen molar-refractivity contribution in [2.75, 3.05) is 6.54 Å². The Labute approximate surface area is 137 Å². The number of hydrogen-bond acceptors (Lipinski definition) is 4. The highest BCUT2D eigenvalue weighted by Gasteiger charge is 2.32. The SMILES string of the molecule is CC1CC(Oc2ccc(Cl)cc2)CCN1OC(=O)C(C)(C)C. The zero-order valence-corrected chi connectivity index (χ0v) is 14.4. The van der Waals surface area contributed by atoms with Crippen molar-refractivity contribution < 1.29 is 14.4 Å². The molecule has 4 nitrogen and oxygen atoms in total. The van der Waals surface area contributed by atoms with E-state index in [1.165, 1.54) is 0 Å². The minimum absolute atomic E-state index is 0.126. The Kier molecular flexibility index (Phi) is 5.35. The molecule has 1 saturated heterocycles. The lowest BCUT2D eigenvalue weighted by Crippen LogP contribution is -2.46. The average Bonchev–Trinajstić information content (AvgIpc) is 2.43. The van der Waals surface area contributed by atoms with Crippen molar-refractivity contribution in [3.63, 3.8) is 0 Å². The third kappa shape index (κ3) is 4.62. The number of hydrogen-bond donors (Lipinski definition) is 0. The monoisotopic (exact) mass is 325 g/mol. The Morgan fingerprint density at radius 3 is 2.45 bits per heavy atom. The fraction of sp³-hybridized carbons (Fsp3) is 0.588. The summed E-state index contributed by atoms with van der Waals surface area (Å²) >= 11 is 5.87. The summed E-state index contributed by atoms with van der Waals surface area (Å²) in [5, 5.41) is 2.47. The molecule has 0 aromatic heterocycles. The molecule has 1 aliphatic rings. The van der Waals surface area contributed by atoms with Crippen molar-refractivity contribution in [2.24, 2.45) is 5.41 Å². The number of benzene rings is 1. The molecule has 0 bridgehead atoms. The largest absolute Gasteiger partial charge is 0.490 e. The maximum atomic E-state index is 12.0. The molecule has 0 amide bonds. The topological polar surface area (TPSA) is 38.8 Å². The maximum Gasteiger partial charge on any atom is 0.330 e. The van der Waals surface area contributed by atoms with Gasteiger partial charge in [0.1, 0.15) is 11.9 Å². The number of hydroxylamine groups is 2. The van der Waals surface area contributed by atoms with E-state index < -0.39 is 5.41 Å². The lowest BCUT2D eigenvalue weighted by atomic mass is 9.97. The molecular weight excluding hydrogens is 302 g/mol. The first-order chi connectivity index (χ1) is 10.3. The zero-order chi connectivity index (χ0) is 16.3. The van der Waals surface area contributed by atoms with Crippen LogP contribution >= 0.6 is 11.6 Å². The Bertz CT molecular complexity index is 510. The van der Waals surface area contributed by atoms with Gasteiger partial charge in [-0.3, -0.25) is 0 Å². The van der Waals surface area contributed by atoms with Crippen molar-refractivity contribution in [1.29, 1.82) is 0 Å². The smallest absolute Gasteiger partial charge is 0.330 e. The highest BCUT2D eigenvalue weighted by atomic mass is 35.5. The van der Waals surface area contributed by atoms with Gasteiger partial charge in [-0.2, -0.15) is 0 Å². The van der Waals surface area contributed by atoms with Crippen LogP contribution in [0.5, 0.6) is 5.75 Å². The van der Waals surface area contributed by atoms with E-state index in [1.807, 2.05) is 52.0 Å². The molecule has 2 atom stereocenters. The second kappa shape index (κ2) is 6.88.